The number of nitro benzene ring substituents is 1. The van der Waals surface area contributed by atoms with Gasteiger partial charge in [-0.05, 0) is 23.8 Å². The first-order valence-corrected chi connectivity index (χ1v) is 9.59. The van der Waals surface area contributed by atoms with E-state index in [-0.39, 0.29) is 4.90 Å². The summed E-state index contributed by atoms with van der Waals surface area (Å²) in [4.78, 5) is 10.4. The van der Waals surface area contributed by atoms with E-state index in [0.29, 0.717) is 16.8 Å². The summed E-state index contributed by atoms with van der Waals surface area (Å²) in [6, 6.07) is 23.3. The molecule has 6 nitrogen and oxygen atoms in total. The number of para-hydroxylation sites is 2. The largest absolute Gasteiger partial charge is 0.289 e. The van der Waals surface area contributed by atoms with Crippen molar-refractivity contribution < 1.29 is 13.3 Å². The van der Waals surface area contributed by atoms with Crippen molar-refractivity contribution in [1.29, 1.82) is 0 Å². The molecule has 7 heteroatoms. The molecule has 0 unspecified atom stereocenters. The Bertz CT molecular complexity index is 1260. The summed E-state index contributed by atoms with van der Waals surface area (Å²) in [6.45, 7) is 0. The predicted octanol–water partition coefficient (Wildman–Crippen LogP) is 4.45. The summed E-state index contributed by atoms with van der Waals surface area (Å²) in [5.41, 5.74) is 1.18. The molecule has 0 N–H and O–H groups in total. The van der Waals surface area contributed by atoms with Crippen molar-refractivity contribution in [3.05, 3.63) is 95.0 Å². The summed E-state index contributed by atoms with van der Waals surface area (Å²) >= 11 is 0. The second-order valence-corrected chi connectivity index (χ2v) is 7.70. The first-order valence-electron chi connectivity index (χ1n) is 8.15. The number of hydrogen-bond acceptors (Lipinski definition) is 4. The van der Waals surface area contributed by atoms with Gasteiger partial charge in [0.05, 0.1) is 16.1 Å². The topological polar surface area (TPSA) is 82.2 Å². The highest BCUT2D eigenvalue weighted by Gasteiger charge is 2.30. The first-order chi connectivity index (χ1) is 13.0. The molecule has 0 aliphatic carbocycles. The number of aromatic nitrogens is 1. The van der Waals surface area contributed by atoms with Gasteiger partial charge < -0.3 is 0 Å². The lowest BCUT2D eigenvalue weighted by Crippen LogP contribution is -2.15. The quantitative estimate of drug-likeness (QED) is 0.388. The van der Waals surface area contributed by atoms with Gasteiger partial charge in [0.25, 0.3) is 15.7 Å². The molecule has 3 aromatic carbocycles. The summed E-state index contributed by atoms with van der Waals surface area (Å²) in [7, 11) is -4.20. The van der Waals surface area contributed by atoms with Crippen LogP contribution < -0.4 is 0 Å². The zero-order chi connectivity index (χ0) is 19.0. The molecular weight excluding hydrogens is 364 g/mol. The highest BCUT2D eigenvalue weighted by Crippen LogP contribution is 2.34. The maximum atomic E-state index is 13.5. The number of fused-ring (bicyclic) bond motifs is 1. The molecule has 0 atom stereocenters. The third kappa shape index (κ3) is 2.78. The van der Waals surface area contributed by atoms with Crippen molar-refractivity contribution in [2.24, 2.45) is 0 Å². The number of benzene rings is 3. The Morgan fingerprint density at radius 3 is 2.19 bits per heavy atom. The highest BCUT2D eigenvalue weighted by molar-refractivity contribution is 7.90. The van der Waals surface area contributed by atoms with Crippen molar-refractivity contribution in [2.45, 2.75) is 4.90 Å². The number of rotatable bonds is 4. The van der Waals surface area contributed by atoms with E-state index < -0.39 is 20.6 Å². The third-order valence-corrected chi connectivity index (χ3v) is 6.09. The second kappa shape index (κ2) is 6.37. The molecule has 0 fully saturated rings. The van der Waals surface area contributed by atoms with Crippen LogP contribution in [0.1, 0.15) is 0 Å². The smallest absolute Gasteiger partial charge is 0.258 e. The molecule has 0 aliphatic heterocycles. The van der Waals surface area contributed by atoms with Gasteiger partial charge in [-0.15, -0.1) is 0 Å². The third-order valence-electron chi connectivity index (χ3n) is 4.32. The summed E-state index contributed by atoms with van der Waals surface area (Å²) in [5, 5.41) is 12.1. The lowest BCUT2D eigenvalue weighted by Gasteiger charge is -2.12. The Labute approximate surface area is 155 Å². The van der Waals surface area contributed by atoms with Crippen LogP contribution in [0.25, 0.3) is 22.2 Å². The van der Waals surface area contributed by atoms with Crippen molar-refractivity contribution in [3.8, 4) is 11.3 Å². The Balaban J connectivity index is 2.09. The molecule has 4 rings (SSSR count). The van der Waals surface area contributed by atoms with E-state index in [1.165, 1.54) is 28.2 Å². The van der Waals surface area contributed by atoms with Gasteiger partial charge in [0.1, 0.15) is 0 Å². The van der Waals surface area contributed by atoms with Gasteiger partial charge in [-0.3, -0.25) is 10.1 Å². The van der Waals surface area contributed by atoms with Crippen LogP contribution >= 0.6 is 0 Å². The van der Waals surface area contributed by atoms with E-state index in [4.69, 9.17) is 0 Å². The van der Waals surface area contributed by atoms with Crippen LogP contribution in [-0.2, 0) is 10.0 Å². The molecule has 0 aliphatic rings. The zero-order valence-electron chi connectivity index (χ0n) is 14.0. The average Bonchev–Trinajstić information content (AvgIpc) is 3.09. The SMILES string of the molecule is O=[N+]([O-])c1ccccc1S(=O)(=O)n1c(-c2ccccc2)cc2ccccc21. The van der Waals surface area contributed by atoms with Crippen molar-refractivity contribution in [3.63, 3.8) is 0 Å². The zero-order valence-corrected chi connectivity index (χ0v) is 14.8. The first kappa shape index (κ1) is 17.0. The lowest BCUT2D eigenvalue weighted by atomic mass is 10.1. The predicted molar refractivity (Wildman–Crippen MR) is 103 cm³/mol. The normalized spacial score (nSPS) is 11.6. The maximum absolute atomic E-state index is 13.5. The second-order valence-electron chi connectivity index (χ2n) is 5.95. The van der Waals surface area contributed by atoms with Crippen LogP contribution in [0.5, 0.6) is 0 Å². The molecule has 0 saturated carbocycles. The summed E-state index contributed by atoms with van der Waals surface area (Å²) in [6.07, 6.45) is 0. The van der Waals surface area contributed by atoms with Crippen LogP contribution in [0.2, 0.25) is 0 Å². The summed E-state index contributed by atoms with van der Waals surface area (Å²) < 4.78 is 28.2. The van der Waals surface area contributed by atoms with E-state index in [0.717, 1.165) is 5.39 Å². The minimum atomic E-state index is -4.20. The Hall–Kier alpha value is -3.45. The van der Waals surface area contributed by atoms with Crippen LogP contribution in [0.15, 0.2) is 89.8 Å². The van der Waals surface area contributed by atoms with E-state index in [1.54, 1.807) is 30.3 Å². The van der Waals surface area contributed by atoms with Crippen LogP contribution in [0, 0.1) is 10.1 Å². The fraction of sp³-hybridized carbons (Fsp3) is 0. The molecule has 134 valence electrons. The van der Waals surface area contributed by atoms with Crippen LogP contribution in [0.4, 0.5) is 5.69 Å². The Morgan fingerprint density at radius 1 is 0.815 bits per heavy atom. The van der Waals surface area contributed by atoms with Gasteiger partial charge in [-0.2, -0.15) is 0 Å². The number of hydrogen-bond donors (Lipinski definition) is 0. The van der Waals surface area contributed by atoms with E-state index in [1.807, 2.05) is 30.3 Å². The number of nitrogens with zero attached hydrogens (tertiary/aromatic N) is 2. The van der Waals surface area contributed by atoms with Gasteiger partial charge in [0, 0.05) is 11.5 Å². The van der Waals surface area contributed by atoms with E-state index in [9.17, 15) is 18.5 Å². The van der Waals surface area contributed by atoms with Gasteiger partial charge in [-0.25, -0.2) is 12.4 Å². The molecule has 0 radical (unpaired) electrons. The van der Waals surface area contributed by atoms with Gasteiger partial charge >= 0.3 is 0 Å². The van der Waals surface area contributed by atoms with Crippen molar-refractivity contribution >= 4 is 26.6 Å². The fourth-order valence-corrected chi connectivity index (χ4v) is 4.82. The van der Waals surface area contributed by atoms with Gasteiger partial charge in [0.15, 0.2) is 4.90 Å². The standard InChI is InChI=1S/C20H14N2O4S/c23-22(24)18-12-6-7-13-20(18)27(25,26)21-17-11-5-4-10-16(17)14-19(21)15-8-2-1-3-9-15/h1-14H. The van der Waals surface area contributed by atoms with E-state index >= 15 is 0 Å². The fourth-order valence-electron chi connectivity index (χ4n) is 3.12. The molecule has 1 aromatic heterocycles. The molecule has 0 amide bonds. The highest BCUT2D eigenvalue weighted by atomic mass is 32.2. The van der Waals surface area contributed by atoms with E-state index in [2.05, 4.69) is 0 Å². The van der Waals surface area contributed by atoms with Crippen molar-refractivity contribution in [2.75, 3.05) is 0 Å². The van der Waals surface area contributed by atoms with Gasteiger partial charge in [0.2, 0.25) is 0 Å². The molecule has 27 heavy (non-hydrogen) atoms. The minimum Gasteiger partial charge on any atom is -0.258 e. The molecule has 0 saturated heterocycles. The van der Waals surface area contributed by atoms with Crippen molar-refractivity contribution in [1.82, 2.24) is 3.97 Å². The Morgan fingerprint density at radius 2 is 1.44 bits per heavy atom. The van der Waals surface area contributed by atoms with Crippen LogP contribution in [-0.4, -0.2) is 17.3 Å². The summed E-state index contributed by atoms with van der Waals surface area (Å²) in [5.74, 6) is 0. The minimum absolute atomic E-state index is 0.339. The van der Waals surface area contributed by atoms with Crippen LogP contribution in [0.3, 0.4) is 0 Å². The monoisotopic (exact) mass is 378 g/mol. The Kier molecular flexibility index (Phi) is 4.01. The maximum Gasteiger partial charge on any atom is 0.289 e. The molecule has 4 aromatic rings. The number of nitro groups is 1. The molecular formula is C20H14N2O4S. The lowest BCUT2D eigenvalue weighted by molar-refractivity contribution is -0.387. The average molecular weight is 378 g/mol. The molecule has 1 heterocycles. The molecule has 0 bridgehead atoms. The van der Waals surface area contributed by atoms with Gasteiger partial charge in [-0.1, -0.05) is 60.7 Å². The molecule has 0 spiro atoms.